The number of H-pyrrole nitrogens is 1. The molecule has 0 bridgehead atoms. The molecule has 5 nitrogen and oxygen atoms in total. The Bertz CT molecular complexity index is 606. The number of pyridine rings is 2. The Morgan fingerprint density at radius 1 is 1.47 bits per heavy atom. The summed E-state index contributed by atoms with van der Waals surface area (Å²) in [7, 11) is 0. The minimum Gasteiger partial charge on any atom is -0.478 e. The maximum Gasteiger partial charge on any atom is 0.337 e. The maximum atomic E-state index is 11.2. The fraction of sp³-hybridized carbons (Fsp3) is 0. The van der Waals surface area contributed by atoms with Crippen molar-refractivity contribution in [2.45, 2.75) is 0 Å². The van der Waals surface area contributed by atoms with E-state index in [2.05, 4.69) is 25.9 Å². The molecular weight excluding hydrogens is 264 g/mol. The van der Waals surface area contributed by atoms with Crippen molar-refractivity contribution in [3.8, 4) is 0 Å². The number of carbonyl (C=O) groups is 1. The van der Waals surface area contributed by atoms with E-state index in [-0.39, 0.29) is 11.1 Å². The molecular formula is C9H5BrN2O3. The normalized spacial score (nSPS) is 10.5. The van der Waals surface area contributed by atoms with Crippen molar-refractivity contribution >= 4 is 32.9 Å². The third-order valence-corrected chi connectivity index (χ3v) is 2.48. The molecule has 0 aliphatic carbocycles. The molecule has 0 saturated heterocycles. The second-order valence-corrected chi connectivity index (χ2v) is 3.76. The number of hydrogen-bond acceptors (Lipinski definition) is 3. The van der Waals surface area contributed by atoms with Gasteiger partial charge in [0.2, 0.25) is 0 Å². The van der Waals surface area contributed by atoms with E-state index < -0.39 is 5.97 Å². The number of nitrogens with one attached hydrogen (secondary N) is 1. The maximum absolute atomic E-state index is 11.2. The standard InChI is InChI=1S/C9H5BrN2O3/c10-5-2-6-7(12-8(5)13)1-4(3-11-6)9(14)15/h1-3H,(H,12,13)(H,14,15). The molecule has 76 valence electrons. The zero-order valence-corrected chi connectivity index (χ0v) is 8.91. The summed E-state index contributed by atoms with van der Waals surface area (Å²) in [4.78, 5) is 28.3. The lowest BCUT2D eigenvalue weighted by Gasteiger charge is -1.99. The molecule has 2 heterocycles. The average molecular weight is 269 g/mol. The molecule has 2 rings (SSSR count). The van der Waals surface area contributed by atoms with E-state index >= 15 is 0 Å². The van der Waals surface area contributed by atoms with Gasteiger partial charge in [-0.2, -0.15) is 0 Å². The van der Waals surface area contributed by atoms with Gasteiger partial charge in [0.1, 0.15) is 0 Å². The van der Waals surface area contributed by atoms with Crippen LogP contribution < -0.4 is 5.56 Å². The predicted molar refractivity (Wildman–Crippen MR) is 57.0 cm³/mol. The zero-order chi connectivity index (χ0) is 11.0. The van der Waals surface area contributed by atoms with Crippen molar-refractivity contribution in [2.75, 3.05) is 0 Å². The molecule has 0 aliphatic heterocycles. The van der Waals surface area contributed by atoms with Gasteiger partial charge < -0.3 is 10.1 Å². The smallest absolute Gasteiger partial charge is 0.337 e. The van der Waals surface area contributed by atoms with Crippen LogP contribution in [0.3, 0.4) is 0 Å². The van der Waals surface area contributed by atoms with Crippen LogP contribution in [0.2, 0.25) is 0 Å². The highest BCUT2D eigenvalue weighted by Crippen LogP contribution is 2.12. The van der Waals surface area contributed by atoms with Gasteiger partial charge in [-0.05, 0) is 28.1 Å². The summed E-state index contributed by atoms with van der Waals surface area (Å²) in [6, 6.07) is 2.91. The Morgan fingerprint density at radius 3 is 2.87 bits per heavy atom. The summed E-state index contributed by atoms with van der Waals surface area (Å²) < 4.78 is 0.366. The summed E-state index contributed by atoms with van der Waals surface area (Å²) in [5, 5.41) is 8.73. The number of aromatic amines is 1. The summed E-state index contributed by atoms with van der Waals surface area (Å²) in [5.74, 6) is -1.08. The second-order valence-electron chi connectivity index (χ2n) is 2.91. The van der Waals surface area contributed by atoms with E-state index in [0.717, 1.165) is 0 Å². The number of fused-ring (bicyclic) bond motifs is 1. The molecule has 2 N–H and O–H groups in total. The molecule has 2 aromatic heterocycles. The average Bonchev–Trinajstić information content (AvgIpc) is 2.19. The largest absolute Gasteiger partial charge is 0.478 e. The van der Waals surface area contributed by atoms with Crippen molar-refractivity contribution < 1.29 is 9.90 Å². The van der Waals surface area contributed by atoms with Crippen LogP contribution in [0, 0.1) is 0 Å². The van der Waals surface area contributed by atoms with E-state index in [1.807, 2.05) is 0 Å². The lowest BCUT2D eigenvalue weighted by Crippen LogP contribution is -2.07. The van der Waals surface area contributed by atoms with E-state index in [1.165, 1.54) is 12.3 Å². The molecule has 0 fully saturated rings. The van der Waals surface area contributed by atoms with Gasteiger partial charge in [-0.15, -0.1) is 0 Å². The zero-order valence-electron chi connectivity index (χ0n) is 7.32. The summed E-state index contributed by atoms with van der Waals surface area (Å²) >= 11 is 3.06. The molecule has 0 spiro atoms. The SMILES string of the molecule is O=C(O)c1cnc2cc(Br)c(=O)[nH]c2c1. The van der Waals surface area contributed by atoms with Crippen molar-refractivity contribution in [1.29, 1.82) is 0 Å². The molecule has 0 radical (unpaired) electrons. The number of nitrogens with zero attached hydrogens (tertiary/aromatic N) is 1. The first-order chi connectivity index (χ1) is 7.08. The van der Waals surface area contributed by atoms with Crippen LogP contribution in [0.4, 0.5) is 0 Å². The third kappa shape index (κ3) is 1.75. The van der Waals surface area contributed by atoms with E-state index in [9.17, 15) is 9.59 Å². The van der Waals surface area contributed by atoms with Gasteiger partial charge in [-0.1, -0.05) is 0 Å². The summed E-state index contributed by atoms with van der Waals surface area (Å²) in [6.07, 6.45) is 1.25. The molecule has 0 saturated carbocycles. The Labute approximate surface area is 91.9 Å². The topological polar surface area (TPSA) is 83.0 Å². The number of rotatable bonds is 1. The molecule has 0 aromatic carbocycles. The summed E-state index contributed by atoms with van der Waals surface area (Å²) in [5.41, 5.74) is 0.668. The summed E-state index contributed by atoms with van der Waals surface area (Å²) in [6.45, 7) is 0. The van der Waals surface area contributed by atoms with E-state index in [4.69, 9.17) is 5.11 Å². The minimum absolute atomic E-state index is 0.0421. The van der Waals surface area contributed by atoms with Crippen LogP contribution in [0.5, 0.6) is 0 Å². The van der Waals surface area contributed by atoms with Crippen LogP contribution in [0.15, 0.2) is 27.6 Å². The van der Waals surface area contributed by atoms with Gasteiger partial charge in [0.25, 0.3) is 5.56 Å². The van der Waals surface area contributed by atoms with Crippen LogP contribution in [-0.4, -0.2) is 21.0 Å². The quantitative estimate of drug-likeness (QED) is 0.819. The molecule has 0 unspecified atom stereocenters. The molecule has 0 atom stereocenters. The second kappa shape index (κ2) is 3.47. The van der Waals surface area contributed by atoms with Crippen molar-refractivity contribution in [2.24, 2.45) is 0 Å². The van der Waals surface area contributed by atoms with Crippen LogP contribution >= 0.6 is 15.9 Å². The Balaban J connectivity index is 2.77. The highest BCUT2D eigenvalue weighted by atomic mass is 79.9. The first-order valence-corrected chi connectivity index (χ1v) is 4.79. The number of carboxylic acid groups (broad SMARTS) is 1. The number of aromatic carboxylic acids is 1. The van der Waals surface area contributed by atoms with Gasteiger partial charge in [-0.25, -0.2) is 4.79 Å². The van der Waals surface area contributed by atoms with Crippen LogP contribution in [0.1, 0.15) is 10.4 Å². The monoisotopic (exact) mass is 268 g/mol. The van der Waals surface area contributed by atoms with Gasteiger partial charge >= 0.3 is 5.97 Å². The Hall–Kier alpha value is -1.69. The molecule has 6 heteroatoms. The highest BCUT2D eigenvalue weighted by molar-refractivity contribution is 9.10. The van der Waals surface area contributed by atoms with E-state index in [1.54, 1.807) is 6.07 Å². The first-order valence-electron chi connectivity index (χ1n) is 4.00. The lowest BCUT2D eigenvalue weighted by molar-refractivity contribution is 0.0696. The van der Waals surface area contributed by atoms with Crippen LogP contribution in [-0.2, 0) is 0 Å². The van der Waals surface area contributed by atoms with E-state index in [0.29, 0.717) is 15.5 Å². The third-order valence-electron chi connectivity index (χ3n) is 1.89. The van der Waals surface area contributed by atoms with Gasteiger partial charge in [0, 0.05) is 6.20 Å². The van der Waals surface area contributed by atoms with Gasteiger partial charge in [0.15, 0.2) is 0 Å². The number of hydrogen-bond donors (Lipinski definition) is 2. The number of halogens is 1. The minimum atomic E-state index is -1.08. The first kappa shape index (κ1) is 9.85. The Morgan fingerprint density at radius 2 is 2.20 bits per heavy atom. The van der Waals surface area contributed by atoms with Crippen LogP contribution in [0.25, 0.3) is 11.0 Å². The van der Waals surface area contributed by atoms with Gasteiger partial charge in [-0.3, -0.25) is 9.78 Å². The molecule has 0 aliphatic rings. The lowest BCUT2D eigenvalue weighted by atomic mass is 10.2. The Kier molecular flexibility index (Phi) is 2.28. The predicted octanol–water partition coefficient (Wildman–Crippen LogP) is 1.38. The molecule has 15 heavy (non-hydrogen) atoms. The molecule has 2 aromatic rings. The highest BCUT2D eigenvalue weighted by Gasteiger charge is 2.06. The number of aromatic nitrogens is 2. The fourth-order valence-corrected chi connectivity index (χ4v) is 1.49. The van der Waals surface area contributed by atoms with Gasteiger partial charge in [0.05, 0.1) is 21.1 Å². The van der Waals surface area contributed by atoms with Crippen molar-refractivity contribution in [3.63, 3.8) is 0 Å². The molecule has 0 amide bonds. The van der Waals surface area contributed by atoms with Crippen molar-refractivity contribution in [3.05, 3.63) is 38.7 Å². The van der Waals surface area contributed by atoms with Crippen molar-refractivity contribution in [1.82, 2.24) is 9.97 Å². The number of carboxylic acids is 1. The fourth-order valence-electron chi connectivity index (χ4n) is 1.18.